The van der Waals surface area contributed by atoms with E-state index in [-0.39, 0.29) is 17.8 Å². The highest BCUT2D eigenvalue weighted by atomic mass is 19.1. The maximum atomic E-state index is 13.5. The minimum Gasteiger partial charge on any atom is -0.508 e. The van der Waals surface area contributed by atoms with Crippen molar-refractivity contribution in [3.8, 4) is 0 Å². The van der Waals surface area contributed by atoms with Gasteiger partial charge < -0.3 is 15.3 Å². The summed E-state index contributed by atoms with van der Waals surface area (Å²) in [5.74, 6) is 0.259. The lowest BCUT2D eigenvalue weighted by Gasteiger charge is -2.26. The van der Waals surface area contributed by atoms with E-state index >= 15 is 0 Å². The molecule has 0 fully saturated rings. The second-order valence-electron chi connectivity index (χ2n) is 6.06. The Bertz CT molecular complexity index is 607. The number of allylic oxidation sites excluding steroid dienone is 1. The van der Waals surface area contributed by atoms with E-state index in [1.54, 1.807) is 18.2 Å². The van der Waals surface area contributed by atoms with Crippen LogP contribution < -0.4 is 5.32 Å². The van der Waals surface area contributed by atoms with E-state index in [0.29, 0.717) is 5.76 Å². The molecule has 0 amide bonds. The third-order valence-corrected chi connectivity index (χ3v) is 4.26. The van der Waals surface area contributed by atoms with Crippen molar-refractivity contribution < 1.29 is 9.50 Å². The number of anilines is 1. The summed E-state index contributed by atoms with van der Waals surface area (Å²) in [7, 11) is 4.09. The van der Waals surface area contributed by atoms with E-state index in [4.69, 9.17) is 0 Å². The van der Waals surface area contributed by atoms with Crippen LogP contribution in [0.25, 0.3) is 0 Å². The molecule has 0 radical (unpaired) electrons. The lowest BCUT2D eigenvalue weighted by atomic mass is 9.84. The van der Waals surface area contributed by atoms with Gasteiger partial charge in [0.25, 0.3) is 0 Å². The molecule has 2 unspecified atom stereocenters. The van der Waals surface area contributed by atoms with Gasteiger partial charge in [0, 0.05) is 11.6 Å². The lowest BCUT2D eigenvalue weighted by Crippen LogP contribution is -2.26. The summed E-state index contributed by atoms with van der Waals surface area (Å²) in [6.45, 7) is 0.986. The first-order valence-electron chi connectivity index (χ1n) is 7.37. The van der Waals surface area contributed by atoms with Gasteiger partial charge in [0.15, 0.2) is 0 Å². The Balaban J connectivity index is 1.82. The maximum Gasteiger partial charge on any atom is 0.123 e. The number of fused-ring (bicyclic) bond motifs is 3. The van der Waals surface area contributed by atoms with Crippen molar-refractivity contribution in [1.29, 1.82) is 0 Å². The quantitative estimate of drug-likeness (QED) is 0.891. The van der Waals surface area contributed by atoms with Crippen molar-refractivity contribution in [2.45, 2.75) is 24.8 Å². The number of halogens is 1. The van der Waals surface area contributed by atoms with E-state index in [1.165, 1.54) is 6.07 Å². The average molecular weight is 288 g/mol. The molecule has 0 saturated heterocycles. The van der Waals surface area contributed by atoms with Gasteiger partial charge >= 0.3 is 0 Å². The van der Waals surface area contributed by atoms with Gasteiger partial charge in [0.2, 0.25) is 0 Å². The fourth-order valence-electron chi connectivity index (χ4n) is 3.23. The number of aliphatic hydroxyl groups is 1. The Hall–Kier alpha value is -1.81. The molecule has 1 aromatic rings. The highest BCUT2D eigenvalue weighted by molar-refractivity contribution is 5.64. The van der Waals surface area contributed by atoms with Crippen LogP contribution >= 0.6 is 0 Å². The van der Waals surface area contributed by atoms with Gasteiger partial charge in [-0.1, -0.05) is 6.08 Å². The summed E-state index contributed by atoms with van der Waals surface area (Å²) in [5, 5.41) is 13.6. The molecular formula is C17H21FN2O. The molecule has 1 aromatic carbocycles. The van der Waals surface area contributed by atoms with Crippen molar-refractivity contribution in [2.75, 3.05) is 26.0 Å². The van der Waals surface area contributed by atoms with Crippen LogP contribution in [0.15, 0.2) is 41.7 Å². The van der Waals surface area contributed by atoms with Crippen molar-refractivity contribution in [2.24, 2.45) is 0 Å². The first-order chi connectivity index (χ1) is 10.1. The predicted octanol–water partition coefficient (Wildman–Crippen LogP) is 3.43. The van der Waals surface area contributed by atoms with Crippen molar-refractivity contribution in [3.05, 3.63) is 53.1 Å². The number of hydrogen-bond donors (Lipinski definition) is 2. The zero-order valence-corrected chi connectivity index (χ0v) is 12.4. The highest BCUT2D eigenvalue weighted by Gasteiger charge is 2.36. The number of nitrogens with one attached hydrogen (secondary N) is 1. The summed E-state index contributed by atoms with van der Waals surface area (Å²) in [4.78, 5) is 2.14. The molecule has 3 nitrogen and oxygen atoms in total. The van der Waals surface area contributed by atoms with Crippen LogP contribution in [-0.4, -0.2) is 36.7 Å². The molecule has 21 heavy (non-hydrogen) atoms. The van der Waals surface area contributed by atoms with E-state index in [0.717, 1.165) is 36.2 Å². The molecule has 0 bridgehead atoms. The van der Waals surface area contributed by atoms with Gasteiger partial charge in [-0.05, 0) is 68.9 Å². The van der Waals surface area contributed by atoms with Crippen LogP contribution in [0, 0.1) is 5.82 Å². The van der Waals surface area contributed by atoms with Crippen LogP contribution in [0.3, 0.4) is 0 Å². The van der Waals surface area contributed by atoms with Gasteiger partial charge in [-0.2, -0.15) is 0 Å². The lowest BCUT2D eigenvalue weighted by molar-refractivity contribution is 0.385. The minimum atomic E-state index is -0.211. The Morgan fingerprint density at radius 1 is 1.33 bits per heavy atom. The number of hydrogen-bond acceptors (Lipinski definition) is 3. The van der Waals surface area contributed by atoms with E-state index < -0.39 is 0 Å². The predicted molar refractivity (Wildman–Crippen MR) is 83.1 cm³/mol. The van der Waals surface area contributed by atoms with Gasteiger partial charge in [0.05, 0.1) is 6.04 Å². The van der Waals surface area contributed by atoms with Crippen molar-refractivity contribution in [1.82, 2.24) is 4.90 Å². The van der Waals surface area contributed by atoms with Crippen LogP contribution in [0.2, 0.25) is 0 Å². The zero-order valence-electron chi connectivity index (χ0n) is 12.4. The molecular weight excluding hydrogens is 267 g/mol. The first kappa shape index (κ1) is 14.1. The molecule has 3 rings (SSSR count). The standard InChI is InChI=1S/C17H21FN2O/c1-20(2)9-3-4-13-16(21)8-6-12-14-10-11(18)5-7-15(14)19-17(12)13/h5-8,10,12,17,19,21H,3-4,9H2,1-2H3. The van der Waals surface area contributed by atoms with Gasteiger partial charge in [-0.3, -0.25) is 0 Å². The molecule has 0 spiro atoms. The Morgan fingerprint density at radius 3 is 2.90 bits per heavy atom. The second-order valence-corrected chi connectivity index (χ2v) is 6.06. The molecule has 2 N–H and O–H groups in total. The van der Waals surface area contributed by atoms with Crippen LogP contribution in [0.4, 0.5) is 10.1 Å². The molecule has 4 heteroatoms. The normalized spacial score (nSPS) is 23.2. The molecule has 2 aliphatic rings. The third kappa shape index (κ3) is 2.68. The molecule has 112 valence electrons. The highest BCUT2D eigenvalue weighted by Crippen LogP contribution is 2.43. The number of aliphatic hydroxyl groups excluding tert-OH is 1. The molecule has 2 atom stereocenters. The summed E-state index contributed by atoms with van der Waals surface area (Å²) in [5.41, 5.74) is 2.98. The molecule has 1 aliphatic heterocycles. The van der Waals surface area contributed by atoms with Crippen molar-refractivity contribution in [3.63, 3.8) is 0 Å². The average Bonchev–Trinajstić information content (AvgIpc) is 2.79. The molecule has 0 saturated carbocycles. The van der Waals surface area contributed by atoms with Gasteiger partial charge in [-0.25, -0.2) is 4.39 Å². The Labute approximate surface area is 124 Å². The van der Waals surface area contributed by atoms with E-state index in [1.807, 2.05) is 20.2 Å². The largest absolute Gasteiger partial charge is 0.508 e. The first-order valence-corrected chi connectivity index (χ1v) is 7.37. The number of rotatable bonds is 4. The fourth-order valence-corrected chi connectivity index (χ4v) is 3.23. The Morgan fingerprint density at radius 2 is 2.14 bits per heavy atom. The number of nitrogens with zero attached hydrogens (tertiary/aromatic N) is 1. The minimum absolute atomic E-state index is 0.0500. The zero-order chi connectivity index (χ0) is 15.0. The summed E-state index contributed by atoms with van der Waals surface area (Å²) >= 11 is 0. The van der Waals surface area contributed by atoms with Gasteiger partial charge in [-0.15, -0.1) is 0 Å². The molecule has 0 aromatic heterocycles. The van der Waals surface area contributed by atoms with Crippen LogP contribution in [-0.2, 0) is 0 Å². The second kappa shape index (κ2) is 5.53. The molecule has 1 heterocycles. The smallest absolute Gasteiger partial charge is 0.123 e. The van der Waals surface area contributed by atoms with Crippen LogP contribution in [0.1, 0.15) is 24.3 Å². The topological polar surface area (TPSA) is 35.5 Å². The Kier molecular flexibility index (Phi) is 3.72. The SMILES string of the molecule is CN(C)CCCC1=C(O)C=CC2c3cc(F)ccc3NC12. The number of benzene rings is 1. The van der Waals surface area contributed by atoms with E-state index in [2.05, 4.69) is 10.2 Å². The third-order valence-electron chi connectivity index (χ3n) is 4.26. The van der Waals surface area contributed by atoms with Crippen molar-refractivity contribution >= 4 is 5.69 Å². The van der Waals surface area contributed by atoms with Gasteiger partial charge in [0.1, 0.15) is 11.6 Å². The summed E-state index contributed by atoms with van der Waals surface area (Å²) in [6.07, 6.45) is 5.57. The maximum absolute atomic E-state index is 13.5. The van der Waals surface area contributed by atoms with Crippen LogP contribution in [0.5, 0.6) is 0 Å². The monoisotopic (exact) mass is 288 g/mol. The summed E-state index contributed by atoms with van der Waals surface area (Å²) < 4.78 is 13.5. The van der Waals surface area contributed by atoms with E-state index in [9.17, 15) is 9.50 Å². The fraction of sp³-hybridized carbons (Fsp3) is 0.412. The molecule has 1 aliphatic carbocycles. The summed E-state index contributed by atoms with van der Waals surface area (Å²) in [6, 6.07) is 4.90.